The Bertz CT molecular complexity index is 520. The highest BCUT2D eigenvalue weighted by Crippen LogP contribution is 2.48. The summed E-state index contributed by atoms with van der Waals surface area (Å²) in [4.78, 5) is 0. The second-order valence-electron chi connectivity index (χ2n) is 11.0. The van der Waals surface area contributed by atoms with Gasteiger partial charge in [0.25, 0.3) is 0 Å². The lowest BCUT2D eigenvalue weighted by Gasteiger charge is -2.31. The molecule has 0 saturated heterocycles. The van der Waals surface area contributed by atoms with Crippen LogP contribution in [0, 0.1) is 35.5 Å². The molecule has 0 bridgehead atoms. The van der Waals surface area contributed by atoms with Crippen molar-refractivity contribution in [1.82, 2.24) is 0 Å². The Hall–Kier alpha value is -0.780. The quantitative estimate of drug-likeness (QED) is 0.475. The second-order valence-corrected chi connectivity index (χ2v) is 11.0. The Kier molecular flexibility index (Phi) is 10.8. The predicted molar refractivity (Wildman–Crippen MR) is 130 cm³/mol. The van der Waals surface area contributed by atoms with Gasteiger partial charge in [0.2, 0.25) is 0 Å². The molecule has 0 amide bonds. The molecule has 0 heterocycles. The van der Waals surface area contributed by atoms with Crippen LogP contribution in [0.1, 0.15) is 117 Å². The van der Waals surface area contributed by atoms with Gasteiger partial charge in [-0.3, -0.25) is 0 Å². The van der Waals surface area contributed by atoms with E-state index >= 15 is 0 Å². The molecule has 3 fully saturated rings. The van der Waals surface area contributed by atoms with Crippen LogP contribution in [0.15, 0.2) is 30.3 Å². The number of benzene rings is 1. The van der Waals surface area contributed by atoms with Crippen molar-refractivity contribution >= 4 is 0 Å². The van der Waals surface area contributed by atoms with E-state index in [0.717, 1.165) is 35.5 Å². The fourth-order valence-electron chi connectivity index (χ4n) is 6.07. The summed E-state index contributed by atoms with van der Waals surface area (Å²) in [7, 11) is 0. The molecule has 0 aromatic heterocycles. The molecule has 0 spiro atoms. The third-order valence-electron chi connectivity index (χ3n) is 8.05. The third-order valence-corrected chi connectivity index (χ3v) is 8.05. The molecule has 3 aliphatic rings. The van der Waals surface area contributed by atoms with E-state index in [4.69, 9.17) is 0 Å². The second kappa shape index (κ2) is 12.8. The van der Waals surface area contributed by atoms with Gasteiger partial charge in [-0.05, 0) is 66.3 Å². The van der Waals surface area contributed by atoms with Crippen LogP contribution in [0.25, 0.3) is 0 Å². The summed E-state index contributed by atoms with van der Waals surface area (Å²) in [5, 5.41) is 0. The number of hydrogen-bond acceptors (Lipinski definition) is 0. The van der Waals surface area contributed by atoms with Gasteiger partial charge in [0.05, 0.1) is 0 Å². The van der Waals surface area contributed by atoms with E-state index in [9.17, 15) is 0 Å². The zero-order valence-corrected chi connectivity index (χ0v) is 20.5. The molecule has 0 N–H and O–H groups in total. The van der Waals surface area contributed by atoms with E-state index in [1.54, 1.807) is 19.3 Å². The molecular formula is C29H50. The molecule has 1 aromatic carbocycles. The maximum atomic E-state index is 2.42. The molecule has 4 rings (SSSR count). The van der Waals surface area contributed by atoms with Crippen molar-refractivity contribution in [2.75, 3.05) is 0 Å². The zero-order valence-electron chi connectivity index (χ0n) is 20.5. The van der Waals surface area contributed by atoms with Crippen LogP contribution in [-0.2, 0) is 0 Å². The Balaban J connectivity index is 0.000000160. The highest BCUT2D eigenvalue weighted by atomic mass is 14.4. The molecule has 3 saturated carbocycles. The maximum absolute atomic E-state index is 2.42. The zero-order chi connectivity index (χ0) is 21.2. The van der Waals surface area contributed by atoms with Crippen molar-refractivity contribution in [1.29, 1.82) is 0 Å². The first-order chi connectivity index (χ1) is 13.9. The summed E-state index contributed by atoms with van der Waals surface area (Å²) in [5.74, 6) is 6.94. The lowest BCUT2D eigenvalue weighted by atomic mass is 9.75. The Morgan fingerprint density at radius 2 is 1.21 bits per heavy atom. The maximum Gasteiger partial charge on any atom is -0.0219 e. The Labute approximate surface area is 183 Å². The van der Waals surface area contributed by atoms with Gasteiger partial charge in [0.1, 0.15) is 0 Å². The minimum atomic E-state index is 0.659. The van der Waals surface area contributed by atoms with Gasteiger partial charge in [0, 0.05) is 0 Å². The van der Waals surface area contributed by atoms with Crippen LogP contribution in [0.2, 0.25) is 0 Å². The lowest BCUT2D eigenvalue weighted by Crippen LogP contribution is -2.22. The van der Waals surface area contributed by atoms with Crippen molar-refractivity contribution in [3.05, 3.63) is 35.9 Å². The molecule has 0 nitrogen and oxygen atoms in total. The molecule has 166 valence electrons. The first-order valence-electron chi connectivity index (χ1n) is 12.9. The molecule has 3 atom stereocenters. The largest absolute Gasteiger partial charge is 0.0625 e. The lowest BCUT2D eigenvalue weighted by molar-refractivity contribution is 0.193. The van der Waals surface area contributed by atoms with E-state index in [2.05, 4.69) is 65.8 Å². The van der Waals surface area contributed by atoms with Gasteiger partial charge >= 0.3 is 0 Å². The number of fused-ring (bicyclic) bond motifs is 1. The fraction of sp³-hybridized carbons (Fsp3) is 0.793. The van der Waals surface area contributed by atoms with E-state index in [-0.39, 0.29) is 0 Å². The van der Waals surface area contributed by atoms with E-state index in [0.29, 0.717) is 5.92 Å². The Morgan fingerprint density at radius 1 is 0.621 bits per heavy atom. The highest BCUT2D eigenvalue weighted by Gasteiger charge is 2.38. The van der Waals surface area contributed by atoms with Crippen molar-refractivity contribution < 1.29 is 0 Å². The average Bonchev–Trinajstić information content (AvgIpc) is 3.40. The van der Waals surface area contributed by atoms with E-state index in [1.165, 1.54) is 50.5 Å². The standard InChI is InChI=1S/C12H22.C9H12.C8H16/c1-9(2)11-8-7-10-5-3-4-6-12(10)11;1-8(2)9-6-4-3-5-7-9;1-7(2)8-5-3-4-6-8/h9-12H,3-8H2,1-2H3;3-8H,1-2H3;7-8H,3-6H2,1-2H3. The van der Waals surface area contributed by atoms with Gasteiger partial charge in [-0.25, -0.2) is 0 Å². The smallest absolute Gasteiger partial charge is 0.0219 e. The van der Waals surface area contributed by atoms with Gasteiger partial charge in [-0.1, -0.05) is 117 Å². The third kappa shape index (κ3) is 8.10. The molecule has 0 aliphatic heterocycles. The summed E-state index contributed by atoms with van der Waals surface area (Å²) < 4.78 is 0. The van der Waals surface area contributed by atoms with Crippen LogP contribution in [0.5, 0.6) is 0 Å². The summed E-state index contributed by atoms with van der Waals surface area (Å²) in [6, 6.07) is 10.5. The Morgan fingerprint density at radius 3 is 1.69 bits per heavy atom. The van der Waals surface area contributed by atoms with Crippen LogP contribution in [0.3, 0.4) is 0 Å². The molecule has 29 heavy (non-hydrogen) atoms. The van der Waals surface area contributed by atoms with Crippen LogP contribution < -0.4 is 0 Å². The minimum absolute atomic E-state index is 0.659. The van der Waals surface area contributed by atoms with Crippen molar-refractivity contribution in [2.24, 2.45) is 35.5 Å². The summed E-state index contributed by atoms with van der Waals surface area (Å²) in [5.41, 5.74) is 1.41. The fourth-order valence-corrected chi connectivity index (χ4v) is 6.07. The predicted octanol–water partition coefficient (Wildman–Crippen LogP) is 9.50. The van der Waals surface area contributed by atoms with E-state index < -0.39 is 0 Å². The van der Waals surface area contributed by atoms with Gasteiger partial charge < -0.3 is 0 Å². The molecule has 0 heteroatoms. The molecule has 3 unspecified atom stereocenters. The van der Waals surface area contributed by atoms with Crippen LogP contribution >= 0.6 is 0 Å². The SMILES string of the molecule is CC(C)C1CCC2CCCCC21.CC(C)C1CCCC1.CC(C)c1ccccc1. The summed E-state index contributed by atoms with van der Waals surface area (Å²) in [6.45, 7) is 13.9. The minimum Gasteiger partial charge on any atom is -0.0625 e. The first kappa shape index (κ1) is 24.5. The monoisotopic (exact) mass is 398 g/mol. The molecular weight excluding hydrogens is 348 g/mol. The highest BCUT2D eigenvalue weighted by molar-refractivity contribution is 5.17. The topological polar surface area (TPSA) is 0 Å². The number of rotatable bonds is 3. The normalized spacial score (nSPS) is 26.7. The summed E-state index contributed by atoms with van der Waals surface area (Å²) in [6.07, 6.45) is 15.2. The summed E-state index contributed by atoms with van der Waals surface area (Å²) >= 11 is 0. The van der Waals surface area contributed by atoms with Gasteiger partial charge in [0.15, 0.2) is 0 Å². The molecule has 1 aromatic rings. The van der Waals surface area contributed by atoms with Gasteiger partial charge in [-0.15, -0.1) is 0 Å². The molecule has 0 radical (unpaired) electrons. The van der Waals surface area contributed by atoms with Crippen molar-refractivity contribution in [3.63, 3.8) is 0 Å². The first-order valence-corrected chi connectivity index (χ1v) is 12.9. The van der Waals surface area contributed by atoms with Gasteiger partial charge in [-0.2, -0.15) is 0 Å². The van der Waals surface area contributed by atoms with Crippen LogP contribution in [-0.4, -0.2) is 0 Å². The van der Waals surface area contributed by atoms with Crippen molar-refractivity contribution in [2.45, 2.75) is 112 Å². The van der Waals surface area contributed by atoms with Crippen LogP contribution in [0.4, 0.5) is 0 Å². The van der Waals surface area contributed by atoms with Crippen molar-refractivity contribution in [3.8, 4) is 0 Å². The number of hydrogen-bond donors (Lipinski definition) is 0. The molecule has 3 aliphatic carbocycles. The average molecular weight is 399 g/mol. The van der Waals surface area contributed by atoms with E-state index in [1.807, 2.05) is 6.07 Å².